The lowest BCUT2D eigenvalue weighted by molar-refractivity contribution is 0.185. The summed E-state index contributed by atoms with van der Waals surface area (Å²) in [5, 5.41) is 5.53. The van der Waals surface area contributed by atoms with Crippen LogP contribution in [0.15, 0.2) is 46.8 Å². The SMILES string of the molecule is NC(=NCC(c1ccccc1)N1CCc2sccc2C1)NCC1CCC1. The Bertz CT molecular complexity index is 735. The number of nitrogens with zero attached hydrogens (tertiary/aromatic N) is 2. The lowest BCUT2D eigenvalue weighted by atomic mass is 9.85. The van der Waals surface area contributed by atoms with Crippen LogP contribution in [0, 0.1) is 5.92 Å². The smallest absolute Gasteiger partial charge is 0.188 e. The van der Waals surface area contributed by atoms with E-state index in [0.29, 0.717) is 12.5 Å². The fraction of sp³-hybridized carbons (Fsp3) is 0.476. The van der Waals surface area contributed by atoms with Gasteiger partial charge in [0.2, 0.25) is 0 Å². The Hall–Kier alpha value is -1.85. The van der Waals surface area contributed by atoms with E-state index in [0.717, 1.165) is 32.0 Å². The number of guanidine groups is 1. The lowest BCUT2D eigenvalue weighted by Crippen LogP contribution is -2.39. The molecule has 5 heteroatoms. The summed E-state index contributed by atoms with van der Waals surface area (Å²) >= 11 is 1.89. The summed E-state index contributed by atoms with van der Waals surface area (Å²) in [6.45, 7) is 3.75. The van der Waals surface area contributed by atoms with Crippen molar-refractivity contribution in [1.29, 1.82) is 0 Å². The monoisotopic (exact) mass is 368 g/mol. The minimum Gasteiger partial charge on any atom is -0.370 e. The molecule has 4 rings (SSSR count). The van der Waals surface area contributed by atoms with E-state index in [2.05, 4.69) is 52.0 Å². The number of hydrogen-bond donors (Lipinski definition) is 2. The zero-order valence-electron chi connectivity index (χ0n) is 15.2. The number of fused-ring (bicyclic) bond motifs is 1. The largest absolute Gasteiger partial charge is 0.370 e. The molecular formula is C21H28N4S. The quantitative estimate of drug-likeness (QED) is 0.606. The van der Waals surface area contributed by atoms with Crippen molar-refractivity contribution in [1.82, 2.24) is 10.2 Å². The Balaban J connectivity index is 1.45. The number of nitrogens with one attached hydrogen (secondary N) is 1. The molecule has 0 bridgehead atoms. The average Bonchev–Trinajstić information content (AvgIpc) is 3.09. The molecule has 1 saturated carbocycles. The van der Waals surface area contributed by atoms with Crippen LogP contribution in [0.5, 0.6) is 0 Å². The van der Waals surface area contributed by atoms with Crippen LogP contribution in [0.1, 0.15) is 41.3 Å². The van der Waals surface area contributed by atoms with E-state index in [4.69, 9.17) is 10.7 Å². The van der Waals surface area contributed by atoms with E-state index in [1.165, 1.54) is 30.4 Å². The van der Waals surface area contributed by atoms with Gasteiger partial charge in [-0.2, -0.15) is 0 Å². The van der Waals surface area contributed by atoms with Gasteiger partial charge in [0.25, 0.3) is 0 Å². The minimum atomic E-state index is 0.272. The summed E-state index contributed by atoms with van der Waals surface area (Å²) in [4.78, 5) is 8.78. The molecule has 3 N–H and O–H groups in total. The van der Waals surface area contributed by atoms with Crippen molar-refractivity contribution in [3.05, 3.63) is 57.8 Å². The highest BCUT2D eigenvalue weighted by Crippen LogP contribution is 2.30. The van der Waals surface area contributed by atoms with Crippen LogP contribution in [-0.4, -0.2) is 30.5 Å². The normalized spacial score (nSPS) is 19.6. The number of rotatable bonds is 6. The van der Waals surface area contributed by atoms with Gasteiger partial charge in [-0.1, -0.05) is 36.8 Å². The highest BCUT2D eigenvalue weighted by molar-refractivity contribution is 7.10. The zero-order valence-corrected chi connectivity index (χ0v) is 16.0. The predicted molar refractivity (Wildman–Crippen MR) is 109 cm³/mol. The second-order valence-corrected chi connectivity index (χ2v) is 8.42. The molecule has 0 amide bonds. The van der Waals surface area contributed by atoms with E-state index in [9.17, 15) is 0 Å². The number of thiophene rings is 1. The second-order valence-electron chi connectivity index (χ2n) is 7.42. The Morgan fingerprint density at radius 3 is 2.88 bits per heavy atom. The molecule has 2 aliphatic rings. The molecule has 1 aliphatic heterocycles. The Labute approximate surface area is 160 Å². The van der Waals surface area contributed by atoms with Gasteiger partial charge in [-0.15, -0.1) is 11.3 Å². The summed E-state index contributed by atoms with van der Waals surface area (Å²) in [5.74, 6) is 1.37. The first-order chi connectivity index (χ1) is 12.8. The number of aliphatic imine (C=N–C) groups is 1. The molecule has 1 unspecified atom stereocenters. The van der Waals surface area contributed by atoms with E-state index < -0.39 is 0 Å². The first-order valence-corrected chi connectivity index (χ1v) is 10.6. The summed E-state index contributed by atoms with van der Waals surface area (Å²) in [6, 6.07) is 13.3. The number of nitrogens with two attached hydrogens (primary N) is 1. The standard InChI is InChI=1S/C21H28N4S/c22-21(23-13-16-5-4-6-16)24-14-19(17-7-2-1-3-8-17)25-11-9-20-18(15-25)10-12-26-20/h1-3,7-8,10,12,16,19H,4-6,9,11,13-15H2,(H3,22,23,24). The molecule has 0 saturated heterocycles. The summed E-state index contributed by atoms with van der Waals surface area (Å²) in [6.07, 6.45) is 5.14. The van der Waals surface area contributed by atoms with Crippen LogP contribution in [-0.2, 0) is 13.0 Å². The maximum absolute atomic E-state index is 6.14. The van der Waals surface area contributed by atoms with E-state index in [-0.39, 0.29) is 6.04 Å². The van der Waals surface area contributed by atoms with Crippen molar-refractivity contribution in [3.63, 3.8) is 0 Å². The van der Waals surface area contributed by atoms with Crippen molar-refractivity contribution in [3.8, 4) is 0 Å². The number of hydrogen-bond acceptors (Lipinski definition) is 3. The molecule has 1 atom stereocenters. The Morgan fingerprint density at radius 2 is 2.12 bits per heavy atom. The summed E-state index contributed by atoms with van der Waals surface area (Å²) in [7, 11) is 0. The Kier molecular flexibility index (Phi) is 5.56. The maximum atomic E-state index is 6.14. The van der Waals surface area contributed by atoms with Crippen molar-refractivity contribution >= 4 is 17.3 Å². The lowest BCUT2D eigenvalue weighted by Gasteiger charge is -2.34. The fourth-order valence-corrected chi connectivity index (χ4v) is 4.72. The van der Waals surface area contributed by atoms with E-state index in [1.54, 1.807) is 4.88 Å². The molecule has 2 heterocycles. The summed E-state index contributed by atoms with van der Waals surface area (Å²) in [5.41, 5.74) is 8.93. The molecule has 138 valence electrons. The molecule has 1 aliphatic carbocycles. The fourth-order valence-electron chi connectivity index (χ4n) is 3.83. The van der Waals surface area contributed by atoms with Crippen LogP contribution >= 0.6 is 11.3 Å². The van der Waals surface area contributed by atoms with Gasteiger partial charge >= 0.3 is 0 Å². The third kappa shape index (κ3) is 4.10. The Morgan fingerprint density at radius 1 is 1.27 bits per heavy atom. The van der Waals surface area contributed by atoms with Crippen LogP contribution in [0.3, 0.4) is 0 Å². The first-order valence-electron chi connectivity index (χ1n) is 9.67. The second kappa shape index (κ2) is 8.23. The van der Waals surface area contributed by atoms with Crippen molar-refractivity contribution in [2.24, 2.45) is 16.6 Å². The van der Waals surface area contributed by atoms with Gasteiger partial charge in [-0.25, -0.2) is 0 Å². The average molecular weight is 369 g/mol. The van der Waals surface area contributed by atoms with Gasteiger partial charge in [0.15, 0.2) is 5.96 Å². The minimum absolute atomic E-state index is 0.272. The van der Waals surface area contributed by atoms with Gasteiger partial charge in [-0.3, -0.25) is 9.89 Å². The maximum Gasteiger partial charge on any atom is 0.188 e. The van der Waals surface area contributed by atoms with E-state index in [1.807, 2.05) is 11.3 Å². The molecule has 1 aromatic carbocycles. The number of benzene rings is 1. The van der Waals surface area contributed by atoms with Gasteiger partial charge in [0, 0.05) is 24.5 Å². The first kappa shape index (κ1) is 17.6. The molecule has 1 aromatic heterocycles. The summed E-state index contributed by atoms with van der Waals surface area (Å²) < 4.78 is 0. The third-order valence-electron chi connectivity index (χ3n) is 5.69. The van der Waals surface area contributed by atoms with E-state index >= 15 is 0 Å². The zero-order chi connectivity index (χ0) is 17.8. The van der Waals surface area contributed by atoms with Crippen LogP contribution in [0.2, 0.25) is 0 Å². The molecule has 1 fully saturated rings. The molecule has 2 aromatic rings. The van der Waals surface area contributed by atoms with Crippen molar-refractivity contribution in [2.75, 3.05) is 19.6 Å². The molecular weight excluding hydrogens is 340 g/mol. The molecule has 26 heavy (non-hydrogen) atoms. The van der Waals surface area contributed by atoms with Crippen molar-refractivity contribution in [2.45, 2.75) is 38.3 Å². The predicted octanol–water partition coefficient (Wildman–Crippen LogP) is 3.55. The van der Waals surface area contributed by atoms with Gasteiger partial charge in [-0.05, 0) is 47.8 Å². The van der Waals surface area contributed by atoms with Crippen LogP contribution in [0.4, 0.5) is 0 Å². The van der Waals surface area contributed by atoms with Gasteiger partial charge in [0.1, 0.15) is 0 Å². The van der Waals surface area contributed by atoms with Crippen molar-refractivity contribution < 1.29 is 0 Å². The highest BCUT2D eigenvalue weighted by Gasteiger charge is 2.25. The molecule has 4 nitrogen and oxygen atoms in total. The third-order valence-corrected chi connectivity index (χ3v) is 6.72. The topological polar surface area (TPSA) is 53.6 Å². The van der Waals surface area contributed by atoms with Crippen LogP contribution < -0.4 is 11.1 Å². The highest BCUT2D eigenvalue weighted by atomic mass is 32.1. The van der Waals surface area contributed by atoms with Gasteiger partial charge in [0.05, 0.1) is 12.6 Å². The van der Waals surface area contributed by atoms with Gasteiger partial charge < -0.3 is 11.1 Å². The molecule has 0 spiro atoms. The van der Waals surface area contributed by atoms with Crippen LogP contribution in [0.25, 0.3) is 0 Å². The molecule has 0 radical (unpaired) electrons.